The van der Waals surface area contributed by atoms with Crippen LogP contribution in [0.2, 0.25) is 0 Å². The van der Waals surface area contributed by atoms with Gasteiger partial charge in [0.2, 0.25) is 0 Å². The van der Waals surface area contributed by atoms with Crippen molar-refractivity contribution in [3.63, 3.8) is 0 Å². The molecule has 0 atom stereocenters. The lowest BCUT2D eigenvalue weighted by Gasteiger charge is -1.92. The molecule has 1 aromatic rings. The number of nitrogens with zero attached hydrogens (tertiary/aromatic N) is 1. The molecular weight excluding hydrogens is 173 g/mol. The van der Waals surface area contributed by atoms with Gasteiger partial charge in [-0.2, -0.15) is 0 Å². The largest absolute Gasteiger partial charge is 0.284 e. The van der Waals surface area contributed by atoms with E-state index in [1.807, 2.05) is 0 Å². The Morgan fingerprint density at radius 3 is 2.77 bits per heavy atom. The fraction of sp³-hybridized carbons (Fsp3) is 0.111. The maximum Gasteiger partial charge on any atom is 0.284 e. The van der Waals surface area contributed by atoms with E-state index in [4.69, 9.17) is 0 Å². The number of nitro benzene ring substituents is 1. The van der Waals surface area contributed by atoms with Crippen molar-refractivity contribution in [1.82, 2.24) is 0 Å². The van der Waals surface area contributed by atoms with Crippen molar-refractivity contribution in [3.05, 3.63) is 39.9 Å². The molecule has 1 aromatic carbocycles. The molecule has 0 saturated heterocycles. The van der Waals surface area contributed by atoms with E-state index in [9.17, 15) is 14.5 Å². The predicted octanol–water partition coefficient (Wildman–Crippen LogP) is 1.92. The van der Waals surface area contributed by atoms with Gasteiger partial charge in [-0.15, -0.1) is 0 Å². The molecule has 0 unspecified atom stereocenters. The highest BCUT2D eigenvalue weighted by molar-refractivity contribution is 5.50. The first-order valence-electron chi connectivity index (χ1n) is 3.54. The van der Waals surface area contributed by atoms with Crippen LogP contribution >= 0.6 is 0 Å². The van der Waals surface area contributed by atoms with Crippen LogP contribution in [0.15, 0.2) is 24.3 Å². The van der Waals surface area contributed by atoms with Crippen molar-refractivity contribution < 1.29 is 9.31 Å². The average Bonchev–Trinajstić information content (AvgIpc) is 2.15. The molecule has 3 nitrogen and oxygen atoms in total. The minimum atomic E-state index is -0.800. The Balaban J connectivity index is 3.12. The Hall–Kier alpha value is -1.89. The summed E-state index contributed by atoms with van der Waals surface area (Å²) in [6.45, 7) is -0.800. The molecule has 0 N–H and O–H groups in total. The van der Waals surface area contributed by atoms with Gasteiger partial charge in [0.25, 0.3) is 5.69 Å². The third-order valence-electron chi connectivity index (χ3n) is 1.39. The fourth-order valence-corrected chi connectivity index (χ4v) is 0.867. The zero-order valence-corrected chi connectivity index (χ0v) is 6.66. The lowest BCUT2D eigenvalue weighted by molar-refractivity contribution is -0.385. The molecular formula is C9H6FNO2. The number of benzene rings is 1. The highest BCUT2D eigenvalue weighted by Crippen LogP contribution is 2.15. The minimum absolute atomic E-state index is 0.0940. The van der Waals surface area contributed by atoms with Gasteiger partial charge < -0.3 is 0 Å². The van der Waals surface area contributed by atoms with E-state index in [0.717, 1.165) is 0 Å². The number of hydrogen-bond acceptors (Lipinski definition) is 2. The summed E-state index contributed by atoms with van der Waals surface area (Å²) >= 11 is 0. The normalized spacial score (nSPS) is 8.69. The van der Waals surface area contributed by atoms with Crippen LogP contribution in [0.25, 0.3) is 0 Å². The highest BCUT2D eigenvalue weighted by Gasteiger charge is 2.08. The van der Waals surface area contributed by atoms with Crippen molar-refractivity contribution >= 4 is 5.69 Å². The number of halogens is 1. The molecule has 0 aliphatic heterocycles. The van der Waals surface area contributed by atoms with Crippen molar-refractivity contribution in [1.29, 1.82) is 0 Å². The lowest BCUT2D eigenvalue weighted by Crippen LogP contribution is -1.91. The summed E-state index contributed by atoms with van der Waals surface area (Å²) in [6.07, 6.45) is 0. The van der Waals surface area contributed by atoms with Crippen molar-refractivity contribution in [2.45, 2.75) is 0 Å². The maximum absolute atomic E-state index is 11.7. The summed E-state index contributed by atoms with van der Waals surface area (Å²) < 4.78 is 11.7. The second kappa shape index (κ2) is 4.21. The van der Waals surface area contributed by atoms with Crippen LogP contribution in [0.4, 0.5) is 10.1 Å². The summed E-state index contributed by atoms with van der Waals surface area (Å²) in [5, 5.41) is 10.4. The quantitative estimate of drug-likeness (QED) is 0.375. The zero-order valence-electron chi connectivity index (χ0n) is 6.66. The smallest absolute Gasteiger partial charge is 0.258 e. The van der Waals surface area contributed by atoms with Gasteiger partial charge in [0.1, 0.15) is 5.56 Å². The summed E-state index contributed by atoms with van der Waals surface area (Å²) in [4.78, 5) is 9.89. The average molecular weight is 179 g/mol. The van der Waals surface area contributed by atoms with Crippen LogP contribution < -0.4 is 0 Å². The van der Waals surface area contributed by atoms with Crippen LogP contribution in [-0.4, -0.2) is 11.6 Å². The monoisotopic (exact) mass is 179 g/mol. The second-order valence-corrected chi connectivity index (χ2v) is 2.21. The molecule has 1 rings (SSSR count). The van der Waals surface area contributed by atoms with Gasteiger partial charge in [0, 0.05) is 6.07 Å². The Morgan fingerprint density at radius 1 is 1.46 bits per heavy atom. The topological polar surface area (TPSA) is 43.1 Å². The first kappa shape index (κ1) is 9.20. The summed E-state index contributed by atoms with van der Waals surface area (Å²) in [5.74, 6) is 4.52. The van der Waals surface area contributed by atoms with Gasteiger partial charge in [-0.1, -0.05) is 24.0 Å². The first-order valence-corrected chi connectivity index (χ1v) is 3.54. The molecule has 0 fully saturated rings. The van der Waals surface area contributed by atoms with Crippen LogP contribution in [0.3, 0.4) is 0 Å². The Morgan fingerprint density at radius 2 is 2.15 bits per heavy atom. The molecule has 0 saturated carbocycles. The molecule has 13 heavy (non-hydrogen) atoms. The summed E-state index contributed by atoms with van der Waals surface area (Å²) in [6, 6.07) is 5.98. The molecule has 0 heterocycles. The molecule has 0 aliphatic rings. The van der Waals surface area contributed by atoms with Gasteiger partial charge in [-0.3, -0.25) is 10.1 Å². The zero-order chi connectivity index (χ0) is 9.68. The van der Waals surface area contributed by atoms with E-state index >= 15 is 0 Å². The van der Waals surface area contributed by atoms with E-state index < -0.39 is 11.6 Å². The fourth-order valence-electron chi connectivity index (χ4n) is 0.867. The molecule has 0 aliphatic carbocycles. The SMILES string of the molecule is O=[N+]([O-])c1ccccc1C#CCF. The Kier molecular flexibility index (Phi) is 2.98. The van der Waals surface area contributed by atoms with E-state index in [1.165, 1.54) is 12.1 Å². The number of hydrogen-bond donors (Lipinski definition) is 0. The standard InChI is InChI=1S/C9H6FNO2/c10-7-3-5-8-4-1-2-6-9(8)11(12)13/h1-2,4,6H,7H2. The number of nitro groups is 1. The van der Waals surface area contributed by atoms with Crippen LogP contribution in [0, 0.1) is 22.0 Å². The first-order chi connectivity index (χ1) is 6.25. The van der Waals surface area contributed by atoms with Crippen LogP contribution in [-0.2, 0) is 0 Å². The molecule has 0 spiro atoms. The molecule has 4 heteroatoms. The van der Waals surface area contributed by atoms with E-state index in [2.05, 4.69) is 11.8 Å². The summed E-state index contributed by atoms with van der Waals surface area (Å²) in [5.41, 5.74) is 0.147. The van der Waals surface area contributed by atoms with E-state index in [0.29, 0.717) is 0 Å². The van der Waals surface area contributed by atoms with Crippen molar-refractivity contribution in [3.8, 4) is 11.8 Å². The molecule has 0 bridgehead atoms. The van der Waals surface area contributed by atoms with E-state index in [1.54, 1.807) is 12.1 Å². The van der Waals surface area contributed by atoms with Gasteiger partial charge >= 0.3 is 0 Å². The Labute approximate surface area is 74.3 Å². The molecule has 0 aromatic heterocycles. The van der Waals surface area contributed by atoms with Crippen LogP contribution in [0.5, 0.6) is 0 Å². The van der Waals surface area contributed by atoms with Crippen molar-refractivity contribution in [2.24, 2.45) is 0 Å². The molecule has 0 radical (unpaired) electrons. The van der Waals surface area contributed by atoms with Gasteiger partial charge in [0.05, 0.1) is 4.92 Å². The van der Waals surface area contributed by atoms with Gasteiger partial charge in [0.15, 0.2) is 6.67 Å². The third-order valence-corrected chi connectivity index (χ3v) is 1.39. The van der Waals surface area contributed by atoms with E-state index in [-0.39, 0.29) is 11.3 Å². The number of rotatable bonds is 1. The lowest BCUT2D eigenvalue weighted by atomic mass is 10.2. The number of para-hydroxylation sites is 1. The molecule has 0 amide bonds. The van der Waals surface area contributed by atoms with Crippen molar-refractivity contribution in [2.75, 3.05) is 6.67 Å². The van der Waals surface area contributed by atoms with Gasteiger partial charge in [-0.05, 0) is 6.07 Å². The minimum Gasteiger partial charge on any atom is -0.258 e. The summed E-state index contributed by atoms with van der Waals surface area (Å²) in [7, 11) is 0. The Bertz CT molecular complexity index is 379. The number of alkyl halides is 1. The maximum atomic E-state index is 11.7. The molecule has 66 valence electrons. The highest BCUT2D eigenvalue weighted by atomic mass is 19.1. The van der Waals surface area contributed by atoms with Crippen LogP contribution in [0.1, 0.15) is 5.56 Å². The second-order valence-electron chi connectivity index (χ2n) is 2.21. The third kappa shape index (κ3) is 2.27. The van der Waals surface area contributed by atoms with Gasteiger partial charge in [-0.25, -0.2) is 4.39 Å². The predicted molar refractivity (Wildman–Crippen MR) is 45.9 cm³/mol.